The second-order valence-corrected chi connectivity index (χ2v) is 5.58. The van der Waals surface area contributed by atoms with Gasteiger partial charge in [0, 0.05) is 25.8 Å². The van der Waals surface area contributed by atoms with Gasteiger partial charge in [0.15, 0.2) is 0 Å². The number of nitrogens with one attached hydrogen (secondary N) is 2. The number of aliphatic hydroxyl groups is 1. The van der Waals surface area contributed by atoms with Crippen LogP contribution in [0.15, 0.2) is 18.2 Å². The van der Waals surface area contributed by atoms with E-state index in [9.17, 15) is 19.5 Å². The molecule has 0 unspecified atom stereocenters. The van der Waals surface area contributed by atoms with Crippen LogP contribution in [0, 0.1) is 0 Å². The van der Waals surface area contributed by atoms with Crippen molar-refractivity contribution in [3.63, 3.8) is 0 Å². The van der Waals surface area contributed by atoms with Gasteiger partial charge in [0.1, 0.15) is 0 Å². The molecular weight excluding hydrogens is 366 g/mol. The Morgan fingerprint density at radius 2 is 1.77 bits per heavy atom. The number of aliphatic hydroxyl groups excluding tert-OH is 1. The second-order valence-electron chi connectivity index (χ2n) is 5.58. The van der Waals surface area contributed by atoms with Crippen LogP contribution in [0.25, 0.3) is 0 Å². The number of β-amino-alcohol motifs (C(OH)–C–C–N with tert-alkyl or cyclic N) is 1. The second kappa shape index (κ2) is 9.37. The molecule has 2 atom stereocenters. The number of carbonyl (C=O) groups is 3. The van der Waals surface area contributed by atoms with E-state index < -0.39 is 24.1 Å². The predicted molar refractivity (Wildman–Crippen MR) is 95.8 cm³/mol. The lowest BCUT2D eigenvalue weighted by Crippen LogP contribution is -2.46. The van der Waals surface area contributed by atoms with E-state index in [1.165, 1.54) is 37.3 Å². The fourth-order valence-corrected chi connectivity index (χ4v) is 2.60. The summed E-state index contributed by atoms with van der Waals surface area (Å²) in [7, 11) is 3.96. The number of ether oxygens (including phenoxy) is 2. The maximum Gasteiger partial charge on any atom is 0.338 e. The van der Waals surface area contributed by atoms with Crippen molar-refractivity contribution >= 4 is 36.1 Å². The van der Waals surface area contributed by atoms with Crippen LogP contribution in [0.2, 0.25) is 0 Å². The number of halogens is 1. The molecule has 1 fully saturated rings. The van der Waals surface area contributed by atoms with Gasteiger partial charge in [-0.3, -0.25) is 0 Å². The molecule has 10 heteroatoms. The number of anilines is 1. The molecule has 1 aliphatic heterocycles. The first-order valence-electron chi connectivity index (χ1n) is 7.62. The highest BCUT2D eigenvalue weighted by atomic mass is 35.5. The van der Waals surface area contributed by atoms with E-state index >= 15 is 0 Å². The fraction of sp³-hybridized carbons (Fsp3) is 0.438. The van der Waals surface area contributed by atoms with E-state index in [0.29, 0.717) is 18.8 Å². The van der Waals surface area contributed by atoms with Gasteiger partial charge in [0.2, 0.25) is 0 Å². The van der Waals surface area contributed by atoms with E-state index in [1.807, 2.05) is 0 Å². The van der Waals surface area contributed by atoms with E-state index in [1.54, 1.807) is 7.05 Å². The Balaban J connectivity index is 0.00000338. The number of hydrogen-bond acceptors (Lipinski definition) is 7. The number of esters is 2. The summed E-state index contributed by atoms with van der Waals surface area (Å²) in [5, 5.41) is 15.5. The third kappa shape index (κ3) is 4.63. The summed E-state index contributed by atoms with van der Waals surface area (Å²) < 4.78 is 9.30. The number of likely N-dealkylation sites (N-methyl/N-ethyl adjacent to an activating group) is 1. The molecule has 0 bridgehead atoms. The van der Waals surface area contributed by atoms with Crippen LogP contribution in [0.1, 0.15) is 20.7 Å². The molecule has 144 valence electrons. The number of carbonyl (C=O) groups excluding carboxylic acids is 3. The van der Waals surface area contributed by atoms with Gasteiger partial charge in [0.05, 0.1) is 37.5 Å². The van der Waals surface area contributed by atoms with Crippen LogP contribution in [0.4, 0.5) is 10.5 Å². The maximum atomic E-state index is 12.3. The van der Waals surface area contributed by atoms with Gasteiger partial charge >= 0.3 is 18.0 Å². The van der Waals surface area contributed by atoms with Crippen molar-refractivity contribution in [3.05, 3.63) is 29.3 Å². The van der Waals surface area contributed by atoms with Gasteiger partial charge < -0.3 is 30.1 Å². The molecule has 1 aliphatic rings. The van der Waals surface area contributed by atoms with Gasteiger partial charge in [-0.05, 0) is 18.2 Å². The molecule has 9 nitrogen and oxygen atoms in total. The van der Waals surface area contributed by atoms with E-state index in [0.717, 1.165) is 0 Å². The highest BCUT2D eigenvalue weighted by molar-refractivity contribution is 6.04. The van der Waals surface area contributed by atoms with E-state index in [2.05, 4.69) is 20.1 Å². The van der Waals surface area contributed by atoms with Crippen molar-refractivity contribution in [2.45, 2.75) is 12.1 Å². The molecule has 26 heavy (non-hydrogen) atoms. The Bertz CT molecular complexity index is 684. The Kier molecular flexibility index (Phi) is 7.81. The topological polar surface area (TPSA) is 117 Å². The Morgan fingerprint density at radius 1 is 1.15 bits per heavy atom. The van der Waals surface area contributed by atoms with Crippen LogP contribution in [-0.2, 0) is 9.47 Å². The summed E-state index contributed by atoms with van der Waals surface area (Å²) in [5.74, 6) is -1.41. The fourth-order valence-electron chi connectivity index (χ4n) is 2.60. The summed E-state index contributed by atoms with van der Waals surface area (Å²) in [6, 6.07) is 3.39. The monoisotopic (exact) mass is 387 g/mol. The molecule has 1 aromatic rings. The molecule has 0 radical (unpaired) electrons. The predicted octanol–water partition coefficient (Wildman–Crippen LogP) is 0.478. The van der Waals surface area contributed by atoms with Crippen LogP contribution in [0.3, 0.4) is 0 Å². The average Bonchev–Trinajstić information content (AvgIpc) is 3.05. The first-order valence-corrected chi connectivity index (χ1v) is 7.62. The number of nitrogens with zero attached hydrogens (tertiary/aromatic N) is 1. The van der Waals surface area contributed by atoms with Crippen LogP contribution >= 0.6 is 12.4 Å². The Hall–Kier alpha value is -2.36. The number of amides is 2. The highest BCUT2D eigenvalue weighted by Gasteiger charge is 2.31. The molecule has 1 heterocycles. The van der Waals surface area contributed by atoms with Gasteiger partial charge in [0.25, 0.3) is 0 Å². The normalized spacial score (nSPS) is 18.5. The first-order chi connectivity index (χ1) is 11.9. The average molecular weight is 388 g/mol. The van der Waals surface area contributed by atoms with Crippen molar-refractivity contribution in [3.8, 4) is 0 Å². The van der Waals surface area contributed by atoms with Crippen molar-refractivity contribution < 1.29 is 29.0 Å². The molecule has 1 aromatic carbocycles. The lowest BCUT2D eigenvalue weighted by Gasteiger charge is -2.26. The van der Waals surface area contributed by atoms with Gasteiger partial charge in [-0.1, -0.05) is 0 Å². The minimum Gasteiger partial charge on any atom is -0.465 e. The van der Waals surface area contributed by atoms with Gasteiger partial charge in [-0.2, -0.15) is 0 Å². The number of urea groups is 1. The zero-order valence-electron chi connectivity index (χ0n) is 14.6. The molecule has 1 saturated heterocycles. The first kappa shape index (κ1) is 21.7. The van der Waals surface area contributed by atoms with Crippen molar-refractivity contribution in [1.29, 1.82) is 0 Å². The maximum absolute atomic E-state index is 12.3. The third-order valence-corrected chi connectivity index (χ3v) is 4.05. The minimum atomic E-state index is -0.722. The molecule has 3 N–H and O–H groups in total. The quantitative estimate of drug-likeness (QED) is 0.643. The van der Waals surface area contributed by atoms with Crippen molar-refractivity contribution in [2.75, 3.05) is 39.7 Å². The van der Waals surface area contributed by atoms with E-state index in [4.69, 9.17) is 0 Å². The zero-order valence-corrected chi connectivity index (χ0v) is 15.5. The summed E-state index contributed by atoms with van der Waals surface area (Å²) in [6.45, 7) is 0.905. The molecular formula is C16H22ClN3O6. The summed E-state index contributed by atoms with van der Waals surface area (Å²) in [4.78, 5) is 37.4. The zero-order chi connectivity index (χ0) is 18.6. The molecule has 2 amide bonds. The number of methoxy groups -OCH3 is 2. The summed E-state index contributed by atoms with van der Waals surface area (Å²) >= 11 is 0. The molecule has 0 aromatic heterocycles. The van der Waals surface area contributed by atoms with Gasteiger partial charge in [-0.15, -0.1) is 12.4 Å². The summed E-state index contributed by atoms with van der Waals surface area (Å²) in [6.07, 6.45) is -0.650. The molecule has 0 spiro atoms. The Morgan fingerprint density at radius 3 is 2.31 bits per heavy atom. The van der Waals surface area contributed by atoms with Gasteiger partial charge in [-0.25, -0.2) is 14.4 Å². The van der Waals surface area contributed by atoms with Crippen LogP contribution in [-0.4, -0.2) is 74.5 Å². The van der Waals surface area contributed by atoms with Crippen molar-refractivity contribution in [2.24, 2.45) is 0 Å². The molecule has 2 rings (SSSR count). The summed E-state index contributed by atoms with van der Waals surface area (Å²) in [5.41, 5.74) is 0.332. The molecule has 0 aliphatic carbocycles. The third-order valence-electron chi connectivity index (χ3n) is 4.05. The number of rotatable bonds is 4. The smallest absolute Gasteiger partial charge is 0.338 e. The van der Waals surface area contributed by atoms with E-state index in [-0.39, 0.29) is 29.6 Å². The van der Waals surface area contributed by atoms with Crippen molar-refractivity contribution in [1.82, 2.24) is 10.2 Å². The highest BCUT2D eigenvalue weighted by Crippen LogP contribution is 2.19. The molecule has 0 saturated carbocycles. The number of benzene rings is 1. The lowest BCUT2D eigenvalue weighted by molar-refractivity contribution is 0.0555. The SMILES string of the molecule is COC(=O)c1ccc(NC(=O)N(C)[C@H]2CNC[C@@H]2O)cc1C(=O)OC.Cl. The van der Waals surface area contributed by atoms with Crippen LogP contribution in [0.5, 0.6) is 0 Å². The minimum absolute atomic E-state index is 0. The van der Waals surface area contributed by atoms with Crippen LogP contribution < -0.4 is 10.6 Å². The lowest BCUT2D eigenvalue weighted by atomic mass is 10.1. The Labute approximate surface area is 157 Å². The standard InChI is InChI=1S/C16H21N3O6.ClH/c1-19(12-7-17-8-13(12)20)16(23)18-9-4-5-10(14(21)24-2)11(6-9)15(22)25-3;/h4-6,12-13,17,20H,7-8H2,1-3H3,(H,18,23);1H/t12-,13-;/m0./s1. The largest absolute Gasteiger partial charge is 0.465 e. The number of hydrogen-bond donors (Lipinski definition) is 3.